The van der Waals surface area contributed by atoms with Crippen LogP contribution >= 0.6 is 15.9 Å². The molecule has 2 aromatic rings. The van der Waals surface area contributed by atoms with Gasteiger partial charge in [-0.2, -0.15) is 0 Å². The number of rotatable bonds is 3. The van der Waals surface area contributed by atoms with Gasteiger partial charge in [-0.25, -0.2) is 0 Å². The molecular weight excluding hydrogens is 314 g/mol. The summed E-state index contributed by atoms with van der Waals surface area (Å²) in [6.45, 7) is 6.01. The first-order valence-electron chi connectivity index (χ1n) is 6.62. The molecule has 1 atom stereocenters. The molecule has 2 aromatic carbocycles. The highest BCUT2D eigenvalue weighted by Gasteiger charge is 2.15. The Balaban J connectivity index is 2.20. The number of hydrogen-bond acceptors (Lipinski definition) is 1. The third-order valence-electron chi connectivity index (χ3n) is 3.51. The van der Waals surface area contributed by atoms with Crippen LogP contribution < -0.4 is 5.32 Å². The average molecular weight is 332 g/mol. The van der Waals surface area contributed by atoms with E-state index in [2.05, 4.69) is 34.2 Å². The maximum absolute atomic E-state index is 12.4. The summed E-state index contributed by atoms with van der Waals surface area (Å²) in [6, 6.07) is 13.8. The molecule has 1 amide bonds. The molecule has 0 aromatic heterocycles. The minimum Gasteiger partial charge on any atom is -0.345 e. The van der Waals surface area contributed by atoms with Crippen molar-refractivity contribution in [3.63, 3.8) is 0 Å². The van der Waals surface area contributed by atoms with Gasteiger partial charge < -0.3 is 5.32 Å². The molecule has 0 radical (unpaired) electrons. The lowest BCUT2D eigenvalue weighted by Gasteiger charge is -2.17. The van der Waals surface area contributed by atoms with Crippen molar-refractivity contribution in [3.8, 4) is 0 Å². The number of carbonyl (C=O) groups is 1. The lowest BCUT2D eigenvalue weighted by Crippen LogP contribution is -2.27. The van der Waals surface area contributed by atoms with Gasteiger partial charge in [0.2, 0.25) is 0 Å². The van der Waals surface area contributed by atoms with E-state index in [0.717, 1.165) is 15.6 Å². The summed E-state index contributed by atoms with van der Waals surface area (Å²) in [5, 5.41) is 3.06. The number of nitrogens with one attached hydrogen (secondary N) is 1. The van der Waals surface area contributed by atoms with Gasteiger partial charge >= 0.3 is 0 Å². The van der Waals surface area contributed by atoms with E-state index >= 15 is 0 Å². The van der Waals surface area contributed by atoms with Gasteiger partial charge in [-0.3, -0.25) is 4.79 Å². The zero-order chi connectivity index (χ0) is 14.7. The Labute approximate surface area is 128 Å². The van der Waals surface area contributed by atoms with Gasteiger partial charge in [0.15, 0.2) is 0 Å². The van der Waals surface area contributed by atoms with Crippen LogP contribution in [0, 0.1) is 13.8 Å². The SMILES string of the molecule is Cc1ccccc1C(C)NC(=O)c1cccc(Br)c1C. The number of hydrogen-bond donors (Lipinski definition) is 1. The first kappa shape index (κ1) is 14.8. The van der Waals surface area contributed by atoms with Gasteiger partial charge in [0.05, 0.1) is 6.04 Å². The zero-order valence-corrected chi connectivity index (χ0v) is 13.5. The van der Waals surface area contributed by atoms with Crippen molar-refractivity contribution in [1.82, 2.24) is 5.32 Å². The van der Waals surface area contributed by atoms with Crippen molar-refractivity contribution in [3.05, 3.63) is 69.2 Å². The molecule has 0 heterocycles. The van der Waals surface area contributed by atoms with E-state index in [1.807, 2.05) is 50.2 Å². The third kappa shape index (κ3) is 3.10. The number of benzene rings is 2. The summed E-state index contributed by atoms with van der Waals surface area (Å²) >= 11 is 3.46. The highest BCUT2D eigenvalue weighted by molar-refractivity contribution is 9.10. The normalized spacial score (nSPS) is 12.0. The van der Waals surface area contributed by atoms with Crippen LogP contribution in [0.1, 0.15) is 40.0 Å². The Kier molecular flexibility index (Phi) is 4.61. The predicted octanol–water partition coefficient (Wildman–Crippen LogP) is 4.56. The van der Waals surface area contributed by atoms with Crippen molar-refractivity contribution in [2.45, 2.75) is 26.8 Å². The van der Waals surface area contributed by atoms with E-state index in [0.29, 0.717) is 5.56 Å². The molecule has 1 unspecified atom stereocenters. The number of amides is 1. The smallest absolute Gasteiger partial charge is 0.252 e. The van der Waals surface area contributed by atoms with Crippen molar-refractivity contribution in [2.24, 2.45) is 0 Å². The summed E-state index contributed by atoms with van der Waals surface area (Å²) in [7, 11) is 0. The van der Waals surface area contributed by atoms with E-state index < -0.39 is 0 Å². The Hall–Kier alpha value is -1.61. The second-order valence-electron chi connectivity index (χ2n) is 4.96. The molecule has 2 rings (SSSR count). The summed E-state index contributed by atoms with van der Waals surface area (Å²) < 4.78 is 0.952. The maximum atomic E-state index is 12.4. The van der Waals surface area contributed by atoms with Crippen molar-refractivity contribution in [2.75, 3.05) is 0 Å². The second kappa shape index (κ2) is 6.23. The van der Waals surface area contributed by atoms with E-state index in [1.54, 1.807) is 0 Å². The van der Waals surface area contributed by atoms with Crippen LogP contribution in [0.2, 0.25) is 0 Å². The fourth-order valence-electron chi connectivity index (χ4n) is 2.28. The van der Waals surface area contributed by atoms with Crippen LogP contribution in [0.15, 0.2) is 46.9 Å². The van der Waals surface area contributed by atoms with Gasteiger partial charge in [-0.05, 0) is 49.6 Å². The van der Waals surface area contributed by atoms with E-state index in [-0.39, 0.29) is 11.9 Å². The van der Waals surface area contributed by atoms with Gasteiger partial charge in [-0.15, -0.1) is 0 Å². The predicted molar refractivity (Wildman–Crippen MR) is 85.9 cm³/mol. The molecular formula is C17H18BrNO. The Morgan fingerprint density at radius 3 is 2.50 bits per heavy atom. The van der Waals surface area contributed by atoms with Crippen LogP contribution in [-0.2, 0) is 0 Å². The number of carbonyl (C=O) groups excluding carboxylic acids is 1. The van der Waals surface area contributed by atoms with Gasteiger partial charge in [0, 0.05) is 10.0 Å². The van der Waals surface area contributed by atoms with Crippen LogP contribution in [-0.4, -0.2) is 5.91 Å². The Morgan fingerprint density at radius 2 is 1.80 bits per heavy atom. The fraction of sp³-hybridized carbons (Fsp3) is 0.235. The average Bonchev–Trinajstić information content (AvgIpc) is 2.42. The molecule has 0 fully saturated rings. The van der Waals surface area contributed by atoms with E-state index in [9.17, 15) is 4.79 Å². The summed E-state index contributed by atoms with van der Waals surface area (Å²) in [5.74, 6) is -0.0421. The van der Waals surface area contributed by atoms with Crippen LogP contribution in [0.4, 0.5) is 0 Å². The van der Waals surface area contributed by atoms with Crippen LogP contribution in [0.5, 0.6) is 0 Å². The maximum Gasteiger partial charge on any atom is 0.252 e. The van der Waals surface area contributed by atoms with Gasteiger partial charge in [0.1, 0.15) is 0 Å². The minimum absolute atomic E-state index is 0.0120. The van der Waals surface area contributed by atoms with E-state index in [4.69, 9.17) is 0 Å². The molecule has 0 saturated carbocycles. The number of halogens is 1. The molecule has 0 aliphatic rings. The largest absolute Gasteiger partial charge is 0.345 e. The molecule has 0 aliphatic heterocycles. The molecule has 0 spiro atoms. The lowest BCUT2D eigenvalue weighted by atomic mass is 10.0. The highest BCUT2D eigenvalue weighted by Crippen LogP contribution is 2.21. The summed E-state index contributed by atoms with van der Waals surface area (Å²) in [4.78, 5) is 12.4. The van der Waals surface area contributed by atoms with Crippen LogP contribution in [0.25, 0.3) is 0 Å². The molecule has 1 N–H and O–H groups in total. The fourth-order valence-corrected chi connectivity index (χ4v) is 2.64. The molecule has 2 nitrogen and oxygen atoms in total. The molecule has 0 bridgehead atoms. The molecule has 104 valence electrons. The molecule has 20 heavy (non-hydrogen) atoms. The van der Waals surface area contributed by atoms with Crippen LogP contribution in [0.3, 0.4) is 0 Å². The second-order valence-corrected chi connectivity index (χ2v) is 5.82. The minimum atomic E-state index is -0.0421. The van der Waals surface area contributed by atoms with Crippen molar-refractivity contribution < 1.29 is 4.79 Å². The van der Waals surface area contributed by atoms with Crippen molar-refractivity contribution >= 4 is 21.8 Å². The summed E-state index contributed by atoms with van der Waals surface area (Å²) in [5.41, 5.74) is 4.00. The lowest BCUT2D eigenvalue weighted by molar-refractivity contribution is 0.0939. The molecule has 0 saturated heterocycles. The number of aryl methyl sites for hydroxylation is 1. The van der Waals surface area contributed by atoms with E-state index in [1.165, 1.54) is 5.56 Å². The Bertz CT molecular complexity index is 637. The quantitative estimate of drug-likeness (QED) is 0.877. The molecule has 3 heteroatoms. The standard InChI is InChI=1S/C17H18BrNO/c1-11-7-4-5-8-14(11)13(3)19-17(20)15-9-6-10-16(18)12(15)2/h4-10,13H,1-3H3,(H,19,20). The third-order valence-corrected chi connectivity index (χ3v) is 4.37. The van der Waals surface area contributed by atoms with Crippen molar-refractivity contribution in [1.29, 1.82) is 0 Å². The monoisotopic (exact) mass is 331 g/mol. The summed E-state index contributed by atoms with van der Waals surface area (Å²) in [6.07, 6.45) is 0. The zero-order valence-electron chi connectivity index (χ0n) is 11.9. The molecule has 0 aliphatic carbocycles. The van der Waals surface area contributed by atoms with Gasteiger partial charge in [0.25, 0.3) is 5.91 Å². The highest BCUT2D eigenvalue weighted by atomic mass is 79.9. The first-order valence-corrected chi connectivity index (χ1v) is 7.41. The van der Waals surface area contributed by atoms with Gasteiger partial charge in [-0.1, -0.05) is 46.3 Å². The Morgan fingerprint density at radius 1 is 1.10 bits per heavy atom. The first-order chi connectivity index (χ1) is 9.50. The topological polar surface area (TPSA) is 29.1 Å².